The van der Waals surface area contributed by atoms with E-state index in [9.17, 15) is 9.90 Å². The van der Waals surface area contributed by atoms with Crippen LogP contribution >= 0.6 is 0 Å². The average molecular weight is 263 g/mol. The molecule has 1 fully saturated rings. The summed E-state index contributed by atoms with van der Waals surface area (Å²) in [5.74, 6) is 0.598. The number of rotatable bonds is 5. The zero-order chi connectivity index (χ0) is 13.9. The molecule has 0 saturated heterocycles. The van der Waals surface area contributed by atoms with E-state index in [1.54, 1.807) is 0 Å². The van der Waals surface area contributed by atoms with E-state index in [0.717, 1.165) is 36.1 Å². The third-order valence-electron chi connectivity index (χ3n) is 3.77. The van der Waals surface area contributed by atoms with Crippen LogP contribution < -0.4 is 10.1 Å². The fraction of sp³-hybridized carbons (Fsp3) is 0.533. The van der Waals surface area contributed by atoms with E-state index in [1.165, 1.54) is 0 Å². The van der Waals surface area contributed by atoms with Crippen LogP contribution in [-0.2, 0) is 4.79 Å². The monoisotopic (exact) mass is 263 g/mol. The van der Waals surface area contributed by atoms with Crippen LogP contribution in [0.15, 0.2) is 18.2 Å². The fourth-order valence-electron chi connectivity index (χ4n) is 2.42. The number of aryl methyl sites for hydroxylation is 2. The number of aliphatic hydroxyl groups is 1. The SMILES string of the molecule is Cc1cccc(C)c1OCC(=O)NC1(CO)CCC1. The second kappa shape index (κ2) is 5.61. The summed E-state index contributed by atoms with van der Waals surface area (Å²) in [6, 6.07) is 5.88. The molecule has 1 aromatic carbocycles. The van der Waals surface area contributed by atoms with Crippen molar-refractivity contribution in [2.45, 2.75) is 38.6 Å². The molecule has 1 aliphatic rings. The van der Waals surface area contributed by atoms with Gasteiger partial charge in [0.1, 0.15) is 5.75 Å². The summed E-state index contributed by atoms with van der Waals surface area (Å²) in [4.78, 5) is 11.9. The van der Waals surface area contributed by atoms with Crippen molar-refractivity contribution < 1.29 is 14.6 Å². The first-order valence-corrected chi connectivity index (χ1v) is 6.67. The van der Waals surface area contributed by atoms with Gasteiger partial charge in [-0.1, -0.05) is 18.2 Å². The normalized spacial score (nSPS) is 16.6. The maximum Gasteiger partial charge on any atom is 0.258 e. The summed E-state index contributed by atoms with van der Waals surface area (Å²) in [6.45, 7) is 3.92. The summed E-state index contributed by atoms with van der Waals surface area (Å²) in [7, 11) is 0. The third-order valence-corrected chi connectivity index (χ3v) is 3.77. The third kappa shape index (κ3) is 3.07. The molecule has 2 rings (SSSR count). The van der Waals surface area contributed by atoms with Crippen LogP contribution in [0.1, 0.15) is 30.4 Å². The first kappa shape index (κ1) is 13.9. The number of benzene rings is 1. The Morgan fingerprint density at radius 3 is 2.47 bits per heavy atom. The zero-order valence-electron chi connectivity index (χ0n) is 11.5. The number of nitrogens with one attached hydrogen (secondary N) is 1. The molecule has 0 aromatic heterocycles. The van der Waals surface area contributed by atoms with Gasteiger partial charge >= 0.3 is 0 Å². The molecule has 104 valence electrons. The Hall–Kier alpha value is -1.55. The predicted molar refractivity (Wildman–Crippen MR) is 73.2 cm³/mol. The highest BCUT2D eigenvalue weighted by atomic mass is 16.5. The van der Waals surface area contributed by atoms with Gasteiger partial charge in [-0.2, -0.15) is 0 Å². The van der Waals surface area contributed by atoms with E-state index in [1.807, 2.05) is 32.0 Å². The van der Waals surface area contributed by atoms with Gasteiger partial charge in [0.05, 0.1) is 12.1 Å². The van der Waals surface area contributed by atoms with Crippen molar-refractivity contribution >= 4 is 5.91 Å². The summed E-state index contributed by atoms with van der Waals surface area (Å²) < 4.78 is 5.59. The van der Waals surface area contributed by atoms with Gasteiger partial charge < -0.3 is 15.2 Å². The van der Waals surface area contributed by atoms with Crippen molar-refractivity contribution in [3.63, 3.8) is 0 Å². The lowest BCUT2D eigenvalue weighted by Crippen LogP contribution is -2.57. The van der Waals surface area contributed by atoms with Crippen LogP contribution in [0, 0.1) is 13.8 Å². The Kier molecular flexibility index (Phi) is 4.10. The second-order valence-electron chi connectivity index (χ2n) is 5.35. The number of ether oxygens (including phenoxy) is 1. The zero-order valence-corrected chi connectivity index (χ0v) is 11.5. The van der Waals surface area contributed by atoms with Crippen LogP contribution in [0.4, 0.5) is 0 Å². The summed E-state index contributed by atoms with van der Waals surface area (Å²) >= 11 is 0. The largest absolute Gasteiger partial charge is 0.483 e. The molecule has 1 amide bonds. The number of para-hydroxylation sites is 1. The highest BCUT2D eigenvalue weighted by Gasteiger charge is 2.37. The molecule has 0 aliphatic heterocycles. The van der Waals surface area contributed by atoms with Crippen molar-refractivity contribution in [2.75, 3.05) is 13.2 Å². The van der Waals surface area contributed by atoms with Crippen molar-refractivity contribution in [3.05, 3.63) is 29.3 Å². The van der Waals surface area contributed by atoms with Gasteiger partial charge in [0, 0.05) is 0 Å². The summed E-state index contributed by atoms with van der Waals surface area (Å²) in [5.41, 5.74) is 1.64. The summed E-state index contributed by atoms with van der Waals surface area (Å²) in [6.07, 6.45) is 2.75. The highest BCUT2D eigenvalue weighted by Crippen LogP contribution is 2.31. The van der Waals surface area contributed by atoms with Gasteiger partial charge in [-0.05, 0) is 44.2 Å². The van der Waals surface area contributed by atoms with Gasteiger partial charge in [0.25, 0.3) is 5.91 Å². The maximum absolute atomic E-state index is 11.9. The molecule has 4 nitrogen and oxygen atoms in total. The minimum absolute atomic E-state index is 0.00212. The van der Waals surface area contributed by atoms with Crippen LogP contribution in [0.5, 0.6) is 5.75 Å². The Bertz CT molecular complexity index is 441. The molecule has 0 heterocycles. The molecule has 1 saturated carbocycles. The Morgan fingerprint density at radius 1 is 1.37 bits per heavy atom. The van der Waals surface area contributed by atoms with Crippen LogP contribution in [0.25, 0.3) is 0 Å². The molecule has 0 radical (unpaired) electrons. The van der Waals surface area contributed by atoms with E-state index >= 15 is 0 Å². The van der Waals surface area contributed by atoms with Crippen molar-refractivity contribution in [1.82, 2.24) is 5.32 Å². The lowest BCUT2D eigenvalue weighted by Gasteiger charge is -2.40. The molecule has 0 bridgehead atoms. The second-order valence-corrected chi connectivity index (χ2v) is 5.35. The molecule has 2 N–H and O–H groups in total. The van der Waals surface area contributed by atoms with Crippen molar-refractivity contribution in [1.29, 1.82) is 0 Å². The number of aliphatic hydroxyl groups excluding tert-OH is 1. The smallest absolute Gasteiger partial charge is 0.258 e. The number of hydrogen-bond donors (Lipinski definition) is 2. The van der Waals surface area contributed by atoms with Gasteiger partial charge in [0.2, 0.25) is 0 Å². The molecule has 1 aliphatic carbocycles. The molecule has 0 spiro atoms. The van der Waals surface area contributed by atoms with Crippen molar-refractivity contribution in [3.8, 4) is 5.75 Å². The van der Waals surface area contributed by atoms with Crippen LogP contribution in [0.2, 0.25) is 0 Å². The average Bonchev–Trinajstić information content (AvgIpc) is 2.33. The van der Waals surface area contributed by atoms with E-state index in [2.05, 4.69) is 5.32 Å². The molecular formula is C15H21NO3. The van der Waals surface area contributed by atoms with Gasteiger partial charge in [0.15, 0.2) is 6.61 Å². The fourth-order valence-corrected chi connectivity index (χ4v) is 2.42. The standard InChI is InChI=1S/C15H21NO3/c1-11-5-3-6-12(2)14(11)19-9-13(18)16-15(10-17)7-4-8-15/h3,5-6,17H,4,7-10H2,1-2H3,(H,16,18). The van der Waals surface area contributed by atoms with Gasteiger partial charge in [-0.3, -0.25) is 4.79 Å². The lowest BCUT2D eigenvalue weighted by molar-refractivity contribution is -0.127. The molecule has 4 heteroatoms. The van der Waals surface area contributed by atoms with E-state index in [4.69, 9.17) is 4.74 Å². The quantitative estimate of drug-likeness (QED) is 0.850. The maximum atomic E-state index is 11.9. The first-order chi connectivity index (χ1) is 9.06. The van der Waals surface area contributed by atoms with E-state index in [0.29, 0.717) is 0 Å². The van der Waals surface area contributed by atoms with E-state index < -0.39 is 5.54 Å². The van der Waals surface area contributed by atoms with Crippen LogP contribution in [-0.4, -0.2) is 29.8 Å². The minimum Gasteiger partial charge on any atom is -0.483 e. The molecule has 1 aromatic rings. The first-order valence-electron chi connectivity index (χ1n) is 6.67. The number of amides is 1. The lowest BCUT2D eigenvalue weighted by atomic mass is 9.77. The highest BCUT2D eigenvalue weighted by molar-refractivity contribution is 5.78. The topological polar surface area (TPSA) is 58.6 Å². The van der Waals surface area contributed by atoms with Crippen molar-refractivity contribution in [2.24, 2.45) is 0 Å². The molecule has 0 atom stereocenters. The van der Waals surface area contributed by atoms with Gasteiger partial charge in [-0.15, -0.1) is 0 Å². The molecule has 19 heavy (non-hydrogen) atoms. The molecular weight excluding hydrogens is 242 g/mol. The predicted octanol–water partition coefficient (Wildman–Crippen LogP) is 1.71. The Labute approximate surface area is 113 Å². The summed E-state index contributed by atoms with van der Waals surface area (Å²) in [5, 5.41) is 12.2. The van der Waals surface area contributed by atoms with E-state index in [-0.39, 0.29) is 19.1 Å². The number of hydrogen-bond acceptors (Lipinski definition) is 3. The number of carbonyl (C=O) groups excluding carboxylic acids is 1. The molecule has 0 unspecified atom stereocenters. The van der Waals surface area contributed by atoms with Gasteiger partial charge in [-0.25, -0.2) is 0 Å². The Morgan fingerprint density at radius 2 is 2.00 bits per heavy atom. The minimum atomic E-state index is -0.402. The Balaban J connectivity index is 1.90. The number of carbonyl (C=O) groups is 1. The van der Waals surface area contributed by atoms with Crippen LogP contribution in [0.3, 0.4) is 0 Å².